The fourth-order valence-corrected chi connectivity index (χ4v) is 3.17. The molecular weight excluding hydrogens is 420 g/mol. The lowest BCUT2D eigenvalue weighted by atomic mass is 10.1. The first kappa shape index (κ1) is 22.4. The smallest absolute Gasteiger partial charge is 0.351 e. The van der Waals surface area contributed by atoms with Crippen LogP contribution in [0.15, 0.2) is 29.2 Å². The second-order valence-corrected chi connectivity index (χ2v) is 6.63. The number of aliphatic hydroxyl groups is 1. The minimum Gasteiger partial charge on any atom is -0.493 e. The highest BCUT2D eigenvalue weighted by Gasteiger charge is 2.51. The van der Waals surface area contributed by atoms with Crippen molar-refractivity contribution in [3.8, 4) is 17.2 Å². The molecule has 2 heterocycles. The van der Waals surface area contributed by atoms with Crippen molar-refractivity contribution < 1.29 is 37.6 Å². The zero-order valence-corrected chi connectivity index (χ0v) is 16.9. The molecule has 2 aromatic rings. The van der Waals surface area contributed by atoms with E-state index in [9.17, 15) is 18.4 Å². The monoisotopic (exact) mass is 441 g/mol. The highest BCUT2D eigenvalue weighted by atomic mass is 19.3. The van der Waals surface area contributed by atoms with Crippen LogP contribution in [0.5, 0.6) is 17.2 Å². The Bertz CT molecular complexity index is 1000. The number of carbonyl (C=O) groups is 1. The average Bonchev–Trinajstić information content (AvgIpc) is 3.06. The van der Waals surface area contributed by atoms with Crippen LogP contribution < -0.4 is 25.2 Å². The predicted molar refractivity (Wildman–Crippen MR) is 103 cm³/mol. The number of anilines is 1. The number of aromatic nitrogens is 2. The van der Waals surface area contributed by atoms with Gasteiger partial charge in [0.2, 0.25) is 12.0 Å². The number of nitrogens with zero attached hydrogens (tertiary/aromatic N) is 2. The van der Waals surface area contributed by atoms with Gasteiger partial charge in [-0.25, -0.2) is 13.6 Å². The standard InChI is InChI=1S/C19H21F2N3O7/c1-28-12-6-10(7-13(29-2)15(12)30-3)16(26)22-14-4-5-24(18(27)23-14)17-19(20,21)8-11(9-25)31-17/h4-7,11,17,25H,8-9H2,1-3H3,(H,22,23,26,27). The molecule has 2 atom stereocenters. The van der Waals surface area contributed by atoms with Crippen LogP contribution >= 0.6 is 0 Å². The van der Waals surface area contributed by atoms with Crippen molar-refractivity contribution in [2.24, 2.45) is 0 Å². The van der Waals surface area contributed by atoms with Crippen molar-refractivity contribution in [3.63, 3.8) is 0 Å². The third kappa shape index (κ3) is 4.44. The Morgan fingerprint density at radius 2 is 1.94 bits per heavy atom. The quantitative estimate of drug-likeness (QED) is 0.662. The van der Waals surface area contributed by atoms with Crippen LogP contribution in [-0.4, -0.2) is 60.5 Å². The number of alkyl halides is 2. The molecule has 2 unspecified atom stereocenters. The van der Waals surface area contributed by atoms with Gasteiger partial charge in [-0.2, -0.15) is 4.98 Å². The second kappa shape index (κ2) is 8.86. The number of nitrogens with one attached hydrogen (secondary N) is 1. The summed E-state index contributed by atoms with van der Waals surface area (Å²) in [6.45, 7) is -0.600. The highest BCUT2D eigenvalue weighted by molar-refractivity contribution is 6.04. The van der Waals surface area contributed by atoms with Crippen LogP contribution in [0, 0.1) is 0 Å². The normalized spacial score (nSPS) is 19.7. The van der Waals surface area contributed by atoms with Crippen molar-refractivity contribution in [1.29, 1.82) is 0 Å². The van der Waals surface area contributed by atoms with Gasteiger partial charge in [-0.1, -0.05) is 0 Å². The summed E-state index contributed by atoms with van der Waals surface area (Å²) >= 11 is 0. The number of hydrogen-bond donors (Lipinski definition) is 2. The molecule has 0 saturated carbocycles. The number of halogens is 2. The van der Waals surface area contributed by atoms with Crippen molar-refractivity contribution in [2.45, 2.75) is 24.7 Å². The van der Waals surface area contributed by atoms with Crippen LogP contribution in [0.25, 0.3) is 0 Å². The van der Waals surface area contributed by atoms with Crippen molar-refractivity contribution >= 4 is 11.7 Å². The lowest BCUT2D eigenvalue weighted by Gasteiger charge is -2.20. The van der Waals surface area contributed by atoms with E-state index in [1.54, 1.807) is 0 Å². The number of ether oxygens (including phenoxy) is 4. The molecule has 1 aliphatic rings. The molecule has 31 heavy (non-hydrogen) atoms. The fourth-order valence-electron chi connectivity index (χ4n) is 3.17. The summed E-state index contributed by atoms with van der Waals surface area (Å²) < 4.78 is 49.5. The first-order chi connectivity index (χ1) is 14.7. The topological polar surface area (TPSA) is 121 Å². The molecule has 1 aromatic carbocycles. The minimum absolute atomic E-state index is 0.122. The van der Waals surface area contributed by atoms with E-state index in [4.69, 9.17) is 24.1 Å². The molecule has 1 saturated heterocycles. The molecule has 0 spiro atoms. The molecule has 1 aliphatic heterocycles. The maximum absolute atomic E-state index is 14.1. The van der Waals surface area contributed by atoms with Gasteiger partial charge in [0.25, 0.3) is 11.8 Å². The first-order valence-corrected chi connectivity index (χ1v) is 9.08. The van der Waals surface area contributed by atoms with E-state index in [1.807, 2.05) is 0 Å². The molecule has 0 aliphatic carbocycles. The second-order valence-electron chi connectivity index (χ2n) is 6.63. The van der Waals surface area contributed by atoms with Crippen molar-refractivity contribution in [2.75, 3.05) is 33.3 Å². The van der Waals surface area contributed by atoms with Gasteiger partial charge in [0.15, 0.2) is 11.5 Å². The lowest BCUT2D eigenvalue weighted by molar-refractivity contribution is -0.120. The molecule has 2 N–H and O–H groups in total. The SMILES string of the molecule is COc1cc(C(=O)Nc2ccn(C3OC(CO)CC3(F)F)c(=O)n2)cc(OC)c1OC. The van der Waals surface area contributed by atoms with E-state index >= 15 is 0 Å². The zero-order chi connectivity index (χ0) is 22.8. The highest BCUT2D eigenvalue weighted by Crippen LogP contribution is 2.41. The molecular formula is C19H21F2N3O7. The van der Waals surface area contributed by atoms with Crippen LogP contribution in [0.1, 0.15) is 23.0 Å². The van der Waals surface area contributed by atoms with E-state index < -0.39 is 42.9 Å². The van der Waals surface area contributed by atoms with E-state index in [0.717, 1.165) is 6.20 Å². The summed E-state index contributed by atoms with van der Waals surface area (Å²) in [7, 11) is 4.20. The van der Waals surface area contributed by atoms with Crippen molar-refractivity contribution in [1.82, 2.24) is 9.55 Å². The molecule has 1 fully saturated rings. The molecule has 0 radical (unpaired) electrons. The summed E-state index contributed by atoms with van der Waals surface area (Å²) in [5, 5.41) is 11.5. The Morgan fingerprint density at radius 1 is 1.29 bits per heavy atom. The molecule has 3 rings (SSSR count). The number of rotatable bonds is 7. The summed E-state index contributed by atoms with van der Waals surface area (Å²) in [4.78, 5) is 28.5. The summed E-state index contributed by atoms with van der Waals surface area (Å²) in [6.07, 6.45) is -2.67. The Hall–Kier alpha value is -3.25. The Balaban J connectivity index is 1.84. The van der Waals surface area contributed by atoms with Crippen LogP contribution in [0.2, 0.25) is 0 Å². The number of aliphatic hydroxyl groups excluding tert-OH is 1. The third-order valence-electron chi connectivity index (χ3n) is 4.64. The Kier molecular flexibility index (Phi) is 6.41. The maximum atomic E-state index is 14.1. The summed E-state index contributed by atoms with van der Waals surface area (Å²) in [5.74, 6) is -3.38. The maximum Gasteiger partial charge on any atom is 0.351 e. The molecule has 168 valence electrons. The van der Waals surface area contributed by atoms with Crippen LogP contribution in [0.3, 0.4) is 0 Å². The molecule has 0 bridgehead atoms. The van der Waals surface area contributed by atoms with Gasteiger partial charge in [-0.05, 0) is 18.2 Å². The predicted octanol–water partition coefficient (Wildman–Crippen LogP) is 1.44. The van der Waals surface area contributed by atoms with Crippen LogP contribution in [0.4, 0.5) is 14.6 Å². The largest absolute Gasteiger partial charge is 0.493 e. The summed E-state index contributed by atoms with van der Waals surface area (Å²) in [6, 6.07) is 3.99. The third-order valence-corrected chi connectivity index (χ3v) is 4.64. The molecule has 12 heteroatoms. The number of hydrogen-bond acceptors (Lipinski definition) is 8. The fraction of sp³-hybridized carbons (Fsp3) is 0.421. The first-order valence-electron chi connectivity index (χ1n) is 9.08. The Morgan fingerprint density at radius 3 is 2.42 bits per heavy atom. The number of amides is 1. The van der Waals surface area contributed by atoms with Gasteiger partial charge in [-0.3, -0.25) is 9.36 Å². The molecule has 10 nitrogen and oxygen atoms in total. The average molecular weight is 441 g/mol. The number of carbonyl (C=O) groups excluding carboxylic acids is 1. The summed E-state index contributed by atoms with van der Waals surface area (Å²) in [5.41, 5.74) is -0.928. The van der Waals surface area contributed by atoms with Gasteiger partial charge in [0.05, 0.1) is 34.0 Å². The van der Waals surface area contributed by atoms with Crippen molar-refractivity contribution in [3.05, 3.63) is 40.4 Å². The van der Waals surface area contributed by atoms with Gasteiger partial charge >= 0.3 is 5.69 Å². The lowest BCUT2D eigenvalue weighted by Crippen LogP contribution is -2.35. The van der Waals surface area contributed by atoms with Gasteiger partial charge in [0.1, 0.15) is 5.82 Å². The number of benzene rings is 1. The molecule has 1 aromatic heterocycles. The zero-order valence-electron chi connectivity index (χ0n) is 16.9. The van der Waals surface area contributed by atoms with Gasteiger partial charge in [0, 0.05) is 18.2 Å². The van der Waals surface area contributed by atoms with E-state index in [2.05, 4.69) is 10.3 Å². The van der Waals surface area contributed by atoms with Gasteiger partial charge in [-0.15, -0.1) is 0 Å². The Labute approximate surface area is 175 Å². The van der Waals surface area contributed by atoms with Crippen LogP contribution in [-0.2, 0) is 4.74 Å². The number of methoxy groups -OCH3 is 3. The van der Waals surface area contributed by atoms with E-state index in [1.165, 1.54) is 39.5 Å². The minimum atomic E-state index is -3.36. The van der Waals surface area contributed by atoms with Gasteiger partial charge < -0.3 is 29.4 Å². The molecule has 1 amide bonds. The van der Waals surface area contributed by atoms with E-state index in [0.29, 0.717) is 10.3 Å². The van der Waals surface area contributed by atoms with E-state index in [-0.39, 0.29) is 22.9 Å².